The van der Waals surface area contributed by atoms with Crippen molar-refractivity contribution < 1.29 is 9.59 Å². The summed E-state index contributed by atoms with van der Waals surface area (Å²) < 4.78 is 0. The Labute approximate surface area is 167 Å². The van der Waals surface area contributed by atoms with Crippen molar-refractivity contribution in [3.63, 3.8) is 0 Å². The first-order chi connectivity index (χ1) is 13.0. The Kier molecular flexibility index (Phi) is 6.12. The van der Waals surface area contributed by atoms with Gasteiger partial charge in [0.25, 0.3) is 11.8 Å². The number of carbonyl (C=O) groups excluding carboxylic acids is 2. The molecule has 0 saturated carbocycles. The molecule has 0 aromatic heterocycles. The minimum atomic E-state index is -0.315. The van der Waals surface area contributed by atoms with E-state index in [2.05, 4.69) is 10.6 Å². The fourth-order valence-corrected chi connectivity index (χ4v) is 3.01. The van der Waals surface area contributed by atoms with Crippen LogP contribution in [-0.2, 0) is 6.54 Å². The van der Waals surface area contributed by atoms with Crippen molar-refractivity contribution in [1.82, 2.24) is 5.32 Å². The predicted molar refractivity (Wildman–Crippen MR) is 108 cm³/mol. The second kappa shape index (κ2) is 8.71. The van der Waals surface area contributed by atoms with Crippen molar-refractivity contribution >= 4 is 40.7 Å². The third kappa shape index (κ3) is 5.33. The predicted octanol–water partition coefficient (Wildman–Crippen LogP) is 5.18. The molecule has 0 radical (unpaired) electrons. The van der Waals surface area contributed by atoms with Gasteiger partial charge in [-0.1, -0.05) is 53.5 Å². The Hall–Kier alpha value is -2.82. The SMILES string of the molecule is O=C(NCc1ccccc1)c1ccc(C(=O)Nc2cc(Cl)cc(Cl)c2)cc1. The molecule has 2 N–H and O–H groups in total. The average molecular weight is 399 g/mol. The van der Waals surface area contributed by atoms with E-state index >= 15 is 0 Å². The molecule has 0 aliphatic heterocycles. The molecule has 0 saturated heterocycles. The fourth-order valence-electron chi connectivity index (χ4n) is 2.48. The quantitative estimate of drug-likeness (QED) is 0.622. The number of rotatable bonds is 5. The van der Waals surface area contributed by atoms with Crippen molar-refractivity contribution in [2.45, 2.75) is 6.54 Å². The summed E-state index contributed by atoms with van der Waals surface area (Å²) >= 11 is 11.9. The summed E-state index contributed by atoms with van der Waals surface area (Å²) in [5.74, 6) is -0.517. The Morgan fingerprint density at radius 1 is 0.741 bits per heavy atom. The smallest absolute Gasteiger partial charge is 0.255 e. The number of nitrogens with one attached hydrogen (secondary N) is 2. The van der Waals surface area contributed by atoms with Crippen LogP contribution >= 0.6 is 23.2 Å². The van der Waals surface area contributed by atoms with Crippen LogP contribution in [0.5, 0.6) is 0 Å². The standard InChI is InChI=1S/C21H16Cl2N2O2/c22-17-10-18(23)12-19(11-17)25-21(27)16-8-6-15(7-9-16)20(26)24-13-14-4-2-1-3-5-14/h1-12H,13H2,(H,24,26)(H,25,27). The van der Waals surface area contributed by atoms with E-state index in [0.29, 0.717) is 33.4 Å². The zero-order valence-corrected chi connectivity index (χ0v) is 15.7. The maximum Gasteiger partial charge on any atom is 0.255 e. The van der Waals surface area contributed by atoms with Crippen molar-refractivity contribution in [2.75, 3.05) is 5.32 Å². The minimum absolute atomic E-state index is 0.201. The lowest BCUT2D eigenvalue weighted by atomic mass is 10.1. The molecule has 0 atom stereocenters. The van der Waals surface area contributed by atoms with Crippen molar-refractivity contribution in [1.29, 1.82) is 0 Å². The van der Waals surface area contributed by atoms with E-state index in [1.807, 2.05) is 30.3 Å². The molecule has 0 aliphatic carbocycles. The third-order valence-corrected chi connectivity index (χ3v) is 4.26. The van der Waals surface area contributed by atoms with Gasteiger partial charge in [-0.05, 0) is 48.0 Å². The van der Waals surface area contributed by atoms with Crippen LogP contribution < -0.4 is 10.6 Å². The lowest BCUT2D eigenvalue weighted by Crippen LogP contribution is -2.22. The van der Waals surface area contributed by atoms with Gasteiger partial charge in [0.05, 0.1) is 0 Å². The molecule has 0 bridgehead atoms. The van der Waals surface area contributed by atoms with E-state index in [0.717, 1.165) is 5.56 Å². The first-order valence-electron chi connectivity index (χ1n) is 8.21. The van der Waals surface area contributed by atoms with E-state index in [1.54, 1.807) is 42.5 Å². The van der Waals surface area contributed by atoms with Gasteiger partial charge in [0.2, 0.25) is 0 Å². The zero-order valence-electron chi connectivity index (χ0n) is 14.2. The maximum absolute atomic E-state index is 12.3. The van der Waals surface area contributed by atoms with Gasteiger partial charge in [-0.3, -0.25) is 9.59 Å². The lowest BCUT2D eigenvalue weighted by molar-refractivity contribution is 0.0949. The summed E-state index contributed by atoms with van der Waals surface area (Å²) in [7, 11) is 0. The number of benzene rings is 3. The maximum atomic E-state index is 12.3. The highest BCUT2D eigenvalue weighted by Crippen LogP contribution is 2.23. The summed E-state index contributed by atoms with van der Waals surface area (Å²) in [5, 5.41) is 6.44. The highest BCUT2D eigenvalue weighted by Gasteiger charge is 2.10. The molecule has 0 spiro atoms. The first kappa shape index (κ1) is 19.0. The fraction of sp³-hybridized carbons (Fsp3) is 0.0476. The molecule has 27 heavy (non-hydrogen) atoms. The van der Waals surface area contributed by atoms with E-state index in [9.17, 15) is 9.59 Å². The number of hydrogen-bond acceptors (Lipinski definition) is 2. The van der Waals surface area contributed by atoms with Gasteiger partial charge in [-0.25, -0.2) is 0 Å². The number of anilines is 1. The Balaban J connectivity index is 1.62. The first-order valence-corrected chi connectivity index (χ1v) is 8.96. The molecule has 2 amide bonds. The number of amides is 2. The molecule has 6 heteroatoms. The van der Waals surface area contributed by atoms with E-state index in [1.165, 1.54) is 0 Å². The van der Waals surface area contributed by atoms with Gasteiger partial charge in [-0.15, -0.1) is 0 Å². The molecule has 136 valence electrons. The van der Waals surface area contributed by atoms with Crippen LogP contribution in [0.4, 0.5) is 5.69 Å². The summed E-state index contributed by atoms with van der Waals surface area (Å²) in [6.07, 6.45) is 0. The topological polar surface area (TPSA) is 58.2 Å². The average Bonchev–Trinajstić information content (AvgIpc) is 2.66. The van der Waals surface area contributed by atoms with Crippen molar-refractivity contribution in [2.24, 2.45) is 0 Å². The van der Waals surface area contributed by atoms with Crippen LogP contribution in [0, 0.1) is 0 Å². The summed E-state index contributed by atoms with van der Waals surface area (Å²) in [6.45, 7) is 0.442. The second-order valence-corrected chi connectivity index (χ2v) is 6.73. The number of hydrogen-bond donors (Lipinski definition) is 2. The number of carbonyl (C=O) groups is 2. The van der Waals surface area contributed by atoms with Crippen LogP contribution in [0.1, 0.15) is 26.3 Å². The molecule has 3 aromatic rings. The van der Waals surface area contributed by atoms with Crippen LogP contribution in [0.3, 0.4) is 0 Å². The molecule has 4 nitrogen and oxygen atoms in total. The van der Waals surface area contributed by atoms with E-state index in [4.69, 9.17) is 23.2 Å². The third-order valence-electron chi connectivity index (χ3n) is 3.83. The van der Waals surface area contributed by atoms with E-state index < -0.39 is 0 Å². The van der Waals surface area contributed by atoms with Crippen molar-refractivity contribution in [3.05, 3.63) is 99.5 Å². The van der Waals surface area contributed by atoms with Gasteiger partial charge in [0.15, 0.2) is 0 Å². The Bertz CT molecular complexity index is 937. The van der Waals surface area contributed by atoms with Crippen molar-refractivity contribution in [3.8, 4) is 0 Å². The van der Waals surface area contributed by atoms with Gasteiger partial charge in [0.1, 0.15) is 0 Å². The molecule has 0 aliphatic rings. The van der Waals surface area contributed by atoms with Gasteiger partial charge >= 0.3 is 0 Å². The molecule has 0 unspecified atom stereocenters. The zero-order chi connectivity index (χ0) is 19.2. The largest absolute Gasteiger partial charge is 0.348 e. The molecule has 3 rings (SSSR count). The van der Waals surface area contributed by atoms with Gasteiger partial charge in [-0.2, -0.15) is 0 Å². The van der Waals surface area contributed by atoms with Crippen LogP contribution in [0.15, 0.2) is 72.8 Å². The van der Waals surface area contributed by atoms with Crippen LogP contribution in [0.25, 0.3) is 0 Å². The summed E-state index contributed by atoms with van der Waals surface area (Å²) in [6, 6.07) is 20.9. The molecular weight excluding hydrogens is 383 g/mol. The molecule has 3 aromatic carbocycles. The number of halogens is 2. The lowest BCUT2D eigenvalue weighted by Gasteiger charge is -2.08. The molecular formula is C21H16Cl2N2O2. The molecule has 0 fully saturated rings. The summed E-state index contributed by atoms with van der Waals surface area (Å²) in [5.41, 5.74) is 2.42. The van der Waals surface area contributed by atoms with Crippen LogP contribution in [0.2, 0.25) is 10.0 Å². The second-order valence-electron chi connectivity index (χ2n) is 5.86. The minimum Gasteiger partial charge on any atom is -0.348 e. The van der Waals surface area contributed by atoms with Gasteiger partial charge in [0, 0.05) is 33.4 Å². The highest BCUT2D eigenvalue weighted by atomic mass is 35.5. The normalized spacial score (nSPS) is 10.3. The molecule has 0 heterocycles. The Morgan fingerprint density at radius 2 is 1.30 bits per heavy atom. The van der Waals surface area contributed by atoms with E-state index in [-0.39, 0.29) is 11.8 Å². The monoisotopic (exact) mass is 398 g/mol. The highest BCUT2D eigenvalue weighted by molar-refractivity contribution is 6.35. The van der Waals surface area contributed by atoms with Gasteiger partial charge < -0.3 is 10.6 Å². The summed E-state index contributed by atoms with van der Waals surface area (Å²) in [4.78, 5) is 24.6. The Morgan fingerprint density at radius 3 is 1.89 bits per heavy atom. The van der Waals surface area contributed by atoms with Crippen LogP contribution in [-0.4, -0.2) is 11.8 Å².